The van der Waals surface area contributed by atoms with Gasteiger partial charge in [0, 0.05) is 18.2 Å². The highest BCUT2D eigenvalue weighted by Gasteiger charge is 2.26. The van der Waals surface area contributed by atoms with Crippen molar-refractivity contribution in [3.63, 3.8) is 0 Å². The molecule has 2 N–H and O–H groups in total. The summed E-state index contributed by atoms with van der Waals surface area (Å²) in [4.78, 5) is 10.8. The Morgan fingerprint density at radius 1 is 1.41 bits per heavy atom. The molecule has 3 nitrogen and oxygen atoms in total. The van der Waals surface area contributed by atoms with E-state index in [4.69, 9.17) is 5.11 Å². The van der Waals surface area contributed by atoms with E-state index in [0.717, 1.165) is 5.92 Å². The molecule has 1 rings (SSSR count). The van der Waals surface area contributed by atoms with Crippen LogP contribution in [0.5, 0.6) is 0 Å². The molecule has 0 aromatic rings. The second-order valence-corrected chi connectivity index (χ2v) is 5.17. The minimum Gasteiger partial charge on any atom is -0.478 e. The van der Waals surface area contributed by atoms with Gasteiger partial charge in [0.25, 0.3) is 0 Å². The van der Waals surface area contributed by atoms with Gasteiger partial charge in [-0.3, -0.25) is 0 Å². The molecule has 1 aliphatic carbocycles. The Balaban J connectivity index is 2.42. The van der Waals surface area contributed by atoms with Crippen molar-refractivity contribution in [1.29, 1.82) is 0 Å². The average molecular weight is 239 g/mol. The van der Waals surface area contributed by atoms with Gasteiger partial charge in [-0.2, -0.15) is 0 Å². The monoisotopic (exact) mass is 239 g/mol. The average Bonchev–Trinajstić information content (AvgIpc) is 2.29. The molecule has 0 radical (unpaired) electrons. The molecule has 0 bridgehead atoms. The number of hydrogen-bond donors (Lipinski definition) is 2. The molecular weight excluding hydrogens is 214 g/mol. The molecule has 0 spiro atoms. The molecule has 3 heteroatoms. The lowest BCUT2D eigenvalue weighted by atomic mass is 9.78. The summed E-state index contributed by atoms with van der Waals surface area (Å²) in [5, 5.41) is 12.4. The Morgan fingerprint density at radius 2 is 2.12 bits per heavy atom. The second-order valence-electron chi connectivity index (χ2n) is 5.17. The van der Waals surface area contributed by atoms with E-state index in [1.807, 2.05) is 13.0 Å². The van der Waals surface area contributed by atoms with Crippen molar-refractivity contribution in [2.24, 2.45) is 11.8 Å². The van der Waals surface area contributed by atoms with E-state index in [2.05, 4.69) is 19.2 Å². The Kier molecular flexibility index (Phi) is 5.69. The van der Waals surface area contributed by atoms with Crippen molar-refractivity contribution in [3.05, 3.63) is 11.6 Å². The number of rotatable bonds is 5. The minimum atomic E-state index is -0.792. The predicted molar refractivity (Wildman–Crippen MR) is 70.0 cm³/mol. The maximum absolute atomic E-state index is 10.8. The lowest BCUT2D eigenvalue weighted by Gasteiger charge is -2.34. The topological polar surface area (TPSA) is 49.3 Å². The molecule has 98 valence electrons. The summed E-state index contributed by atoms with van der Waals surface area (Å²) in [6.07, 6.45) is 6.23. The zero-order valence-corrected chi connectivity index (χ0v) is 11.2. The zero-order chi connectivity index (χ0) is 12.8. The Bertz CT molecular complexity index is 286. The molecule has 0 saturated heterocycles. The van der Waals surface area contributed by atoms with Gasteiger partial charge >= 0.3 is 5.97 Å². The molecular formula is C14H25NO2. The van der Waals surface area contributed by atoms with Crippen LogP contribution in [0.15, 0.2) is 11.6 Å². The van der Waals surface area contributed by atoms with Gasteiger partial charge in [0.15, 0.2) is 0 Å². The lowest BCUT2D eigenvalue weighted by molar-refractivity contribution is -0.132. The van der Waals surface area contributed by atoms with E-state index in [0.29, 0.717) is 30.5 Å². The maximum atomic E-state index is 10.8. The number of nitrogens with one attached hydrogen (secondary N) is 1. The smallest absolute Gasteiger partial charge is 0.331 e. The summed E-state index contributed by atoms with van der Waals surface area (Å²) in [6, 6.07) is 0.543. The van der Waals surface area contributed by atoms with E-state index < -0.39 is 5.97 Å². The molecule has 0 aromatic heterocycles. The van der Waals surface area contributed by atoms with Crippen LogP contribution in [0.25, 0.3) is 0 Å². The van der Waals surface area contributed by atoms with Gasteiger partial charge in [-0.05, 0) is 24.7 Å². The molecule has 1 saturated carbocycles. The fraction of sp³-hybridized carbons (Fsp3) is 0.786. The third-order valence-corrected chi connectivity index (χ3v) is 4.09. The Hall–Kier alpha value is -0.830. The SMILES string of the molecule is CCC(=CCNC1CCCC(C)C1C)C(=O)O. The summed E-state index contributed by atoms with van der Waals surface area (Å²) in [5.41, 5.74) is 0.508. The Morgan fingerprint density at radius 3 is 2.71 bits per heavy atom. The summed E-state index contributed by atoms with van der Waals surface area (Å²) >= 11 is 0. The van der Waals surface area contributed by atoms with E-state index in [9.17, 15) is 4.79 Å². The number of carboxylic acid groups (broad SMARTS) is 1. The normalized spacial score (nSPS) is 30.3. The van der Waals surface area contributed by atoms with Crippen LogP contribution in [0, 0.1) is 11.8 Å². The molecule has 0 aromatic carbocycles. The highest BCUT2D eigenvalue weighted by atomic mass is 16.4. The van der Waals surface area contributed by atoms with Crippen LogP contribution >= 0.6 is 0 Å². The van der Waals surface area contributed by atoms with Gasteiger partial charge < -0.3 is 10.4 Å². The second kappa shape index (κ2) is 6.80. The van der Waals surface area contributed by atoms with Crippen molar-refractivity contribution in [3.8, 4) is 0 Å². The summed E-state index contributed by atoms with van der Waals surface area (Å²) in [7, 11) is 0. The van der Waals surface area contributed by atoms with E-state index in [1.54, 1.807) is 0 Å². The van der Waals surface area contributed by atoms with Gasteiger partial charge in [0.1, 0.15) is 0 Å². The highest BCUT2D eigenvalue weighted by molar-refractivity contribution is 5.86. The van der Waals surface area contributed by atoms with Crippen LogP contribution in [-0.2, 0) is 4.79 Å². The van der Waals surface area contributed by atoms with Crippen molar-refractivity contribution in [2.45, 2.75) is 52.5 Å². The van der Waals surface area contributed by atoms with Crippen LogP contribution in [-0.4, -0.2) is 23.7 Å². The van der Waals surface area contributed by atoms with Crippen LogP contribution < -0.4 is 5.32 Å². The molecule has 1 fully saturated rings. The van der Waals surface area contributed by atoms with Gasteiger partial charge in [0.2, 0.25) is 0 Å². The highest BCUT2D eigenvalue weighted by Crippen LogP contribution is 2.29. The third-order valence-electron chi connectivity index (χ3n) is 4.09. The molecule has 0 heterocycles. The molecule has 1 aliphatic rings. The third kappa shape index (κ3) is 4.15. The largest absolute Gasteiger partial charge is 0.478 e. The van der Waals surface area contributed by atoms with Crippen LogP contribution in [0.3, 0.4) is 0 Å². The molecule has 3 atom stereocenters. The quantitative estimate of drug-likeness (QED) is 0.725. The minimum absolute atomic E-state index is 0.508. The van der Waals surface area contributed by atoms with Crippen LogP contribution in [0.2, 0.25) is 0 Å². The first-order chi connectivity index (χ1) is 8.06. The molecule has 0 amide bonds. The van der Waals surface area contributed by atoms with E-state index in [1.165, 1.54) is 19.3 Å². The first-order valence-electron chi connectivity index (χ1n) is 6.72. The number of hydrogen-bond acceptors (Lipinski definition) is 2. The fourth-order valence-corrected chi connectivity index (χ4v) is 2.59. The Labute approximate surface area is 104 Å². The first-order valence-corrected chi connectivity index (χ1v) is 6.72. The molecule has 17 heavy (non-hydrogen) atoms. The van der Waals surface area contributed by atoms with Crippen molar-refractivity contribution >= 4 is 5.97 Å². The molecule has 0 aliphatic heterocycles. The summed E-state index contributed by atoms with van der Waals surface area (Å²) in [5.74, 6) is 0.668. The standard InChI is InChI=1S/C14H25NO2/c1-4-12(14(16)17)8-9-15-13-7-5-6-10(2)11(13)3/h8,10-11,13,15H,4-7,9H2,1-3H3,(H,16,17). The lowest BCUT2D eigenvalue weighted by Crippen LogP contribution is -2.40. The zero-order valence-electron chi connectivity index (χ0n) is 11.2. The van der Waals surface area contributed by atoms with Crippen molar-refractivity contribution in [1.82, 2.24) is 5.32 Å². The van der Waals surface area contributed by atoms with E-state index in [-0.39, 0.29) is 0 Å². The fourth-order valence-electron chi connectivity index (χ4n) is 2.59. The van der Waals surface area contributed by atoms with Gasteiger partial charge in [-0.1, -0.05) is 39.7 Å². The first kappa shape index (κ1) is 14.2. The van der Waals surface area contributed by atoms with Crippen molar-refractivity contribution < 1.29 is 9.90 Å². The van der Waals surface area contributed by atoms with Crippen LogP contribution in [0.1, 0.15) is 46.5 Å². The number of aliphatic carboxylic acids is 1. The number of carbonyl (C=O) groups is 1. The number of carboxylic acids is 1. The molecule has 3 unspecified atom stereocenters. The van der Waals surface area contributed by atoms with Crippen LogP contribution in [0.4, 0.5) is 0 Å². The maximum Gasteiger partial charge on any atom is 0.331 e. The van der Waals surface area contributed by atoms with E-state index >= 15 is 0 Å². The van der Waals surface area contributed by atoms with Gasteiger partial charge in [-0.15, -0.1) is 0 Å². The predicted octanol–water partition coefficient (Wildman–Crippen LogP) is 2.82. The summed E-state index contributed by atoms with van der Waals surface area (Å²) < 4.78 is 0. The summed E-state index contributed by atoms with van der Waals surface area (Å²) in [6.45, 7) is 7.16. The van der Waals surface area contributed by atoms with Gasteiger partial charge in [-0.25, -0.2) is 4.79 Å². The van der Waals surface area contributed by atoms with Gasteiger partial charge in [0.05, 0.1) is 0 Å². The van der Waals surface area contributed by atoms with Crippen molar-refractivity contribution in [2.75, 3.05) is 6.54 Å².